The van der Waals surface area contributed by atoms with Crippen LogP contribution in [-0.2, 0) is 9.53 Å². The molecule has 1 aliphatic rings. The van der Waals surface area contributed by atoms with Crippen molar-refractivity contribution in [3.05, 3.63) is 0 Å². The molecule has 1 saturated heterocycles. The van der Waals surface area contributed by atoms with Gasteiger partial charge in [-0.25, -0.2) is 0 Å². The maximum atomic E-state index is 11.4. The van der Waals surface area contributed by atoms with Crippen LogP contribution in [0.15, 0.2) is 0 Å². The molecule has 0 radical (unpaired) electrons. The molecule has 1 fully saturated rings. The van der Waals surface area contributed by atoms with Crippen LogP contribution in [0.5, 0.6) is 0 Å². The minimum atomic E-state index is 0.215. The van der Waals surface area contributed by atoms with Crippen LogP contribution >= 0.6 is 11.8 Å². The van der Waals surface area contributed by atoms with Crippen molar-refractivity contribution in [1.82, 2.24) is 4.90 Å². The highest BCUT2D eigenvalue weighted by atomic mass is 32.2. The van der Waals surface area contributed by atoms with Crippen LogP contribution in [0.4, 0.5) is 0 Å². The molecular formula is C10H19NO2S. The quantitative estimate of drug-likeness (QED) is 0.712. The molecular weight excluding hydrogens is 198 g/mol. The molecule has 0 aliphatic carbocycles. The summed E-state index contributed by atoms with van der Waals surface area (Å²) < 4.78 is 5.74. The number of likely N-dealkylation sites (tertiary alicyclic amines) is 1. The first-order valence-electron chi connectivity index (χ1n) is 5.07. The molecule has 1 heterocycles. The average Bonchev–Trinajstić information content (AvgIpc) is 2.19. The molecule has 1 aliphatic heterocycles. The molecule has 2 unspecified atom stereocenters. The lowest BCUT2D eigenvalue weighted by Gasteiger charge is -2.35. The Morgan fingerprint density at radius 1 is 1.64 bits per heavy atom. The summed E-state index contributed by atoms with van der Waals surface area (Å²) in [4.78, 5) is 13.2. The Morgan fingerprint density at radius 2 is 2.36 bits per heavy atom. The third-order valence-corrected chi connectivity index (χ3v) is 3.58. The van der Waals surface area contributed by atoms with E-state index < -0.39 is 0 Å². The Kier molecular flexibility index (Phi) is 4.75. The highest BCUT2D eigenvalue weighted by Crippen LogP contribution is 2.24. The van der Waals surface area contributed by atoms with Crippen molar-refractivity contribution >= 4 is 17.7 Å². The van der Waals surface area contributed by atoms with Gasteiger partial charge in [-0.15, -0.1) is 0 Å². The molecule has 82 valence electrons. The SMILES string of the molecule is CCCOC1CN(C)C(=O)CC1SC. The van der Waals surface area contributed by atoms with Gasteiger partial charge in [0.05, 0.1) is 6.10 Å². The largest absolute Gasteiger partial charge is 0.375 e. The smallest absolute Gasteiger partial charge is 0.223 e. The van der Waals surface area contributed by atoms with E-state index in [2.05, 4.69) is 6.92 Å². The molecule has 4 heteroatoms. The first-order valence-corrected chi connectivity index (χ1v) is 6.36. The summed E-state index contributed by atoms with van der Waals surface area (Å²) in [7, 11) is 1.85. The van der Waals surface area contributed by atoms with E-state index in [0.717, 1.165) is 19.6 Å². The number of carbonyl (C=O) groups excluding carboxylic acids is 1. The van der Waals surface area contributed by atoms with Crippen molar-refractivity contribution in [3.63, 3.8) is 0 Å². The van der Waals surface area contributed by atoms with Crippen LogP contribution in [0.1, 0.15) is 19.8 Å². The van der Waals surface area contributed by atoms with Gasteiger partial charge in [0.2, 0.25) is 5.91 Å². The van der Waals surface area contributed by atoms with Crippen LogP contribution in [0, 0.1) is 0 Å². The van der Waals surface area contributed by atoms with Crippen LogP contribution in [-0.4, -0.2) is 48.6 Å². The molecule has 2 atom stereocenters. The van der Waals surface area contributed by atoms with E-state index in [1.165, 1.54) is 0 Å². The van der Waals surface area contributed by atoms with E-state index in [9.17, 15) is 4.79 Å². The van der Waals surface area contributed by atoms with Crippen molar-refractivity contribution in [1.29, 1.82) is 0 Å². The van der Waals surface area contributed by atoms with Crippen LogP contribution in [0.2, 0.25) is 0 Å². The average molecular weight is 217 g/mol. The van der Waals surface area contributed by atoms with Gasteiger partial charge in [-0.3, -0.25) is 4.79 Å². The summed E-state index contributed by atoms with van der Waals surface area (Å²) in [5.74, 6) is 0.237. The summed E-state index contributed by atoms with van der Waals surface area (Å²) in [6.07, 6.45) is 3.92. The number of rotatable bonds is 4. The van der Waals surface area contributed by atoms with Crippen LogP contribution < -0.4 is 0 Å². The third-order valence-electron chi connectivity index (χ3n) is 2.51. The van der Waals surface area contributed by atoms with Gasteiger partial charge in [-0.05, 0) is 12.7 Å². The van der Waals surface area contributed by atoms with E-state index in [-0.39, 0.29) is 12.0 Å². The van der Waals surface area contributed by atoms with Crippen molar-refractivity contribution < 1.29 is 9.53 Å². The third kappa shape index (κ3) is 2.89. The Morgan fingerprint density at radius 3 is 2.93 bits per heavy atom. The number of amides is 1. The molecule has 3 nitrogen and oxygen atoms in total. The van der Waals surface area contributed by atoms with Gasteiger partial charge in [0.1, 0.15) is 0 Å². The van der Waals surface area contributed by atoms with Gasteiger partial charge in [0.15, 0.2) is 0 Å². The summed E-state index contributed by atoms with van der Waals surface area (Å²) in [5.41, 5.74) is 0. The summed E-state index contributed by atoms with van der Waals surface area (Å²) in [6, 6.07) is 0. The monoisotopic (exact) mass is 217 g/mol. The summed E-state index contributed by atoms with van der Waals surface area (Å²) in [5, 5.41) is 0.338. The van der Waals surface area contributed by atoms with Crippen LogP contribution in [0.3, 0.4) is 0 Å². The first kappa shape index (κ1) is 11.9. The Bertz CT molecular complexity index is 199. The normalized spacial score (nSPS) is 28.2. The second-order valence-electron chi connectivity index (χ2n) is 3.66. The molecule has 0 saturated carbocycles. The lowest BCUT2D eigenvalue weighted by atomic mass is 10.1. The highest BCUT2D eigenvalue weighted by Gasteiger charge is 2.32. The second kappa shape index (κ2) is 5.61. The zero-order valence-electron chi connectivity index (χ0n) is 9.16. The summed E-state index contributed by atoms with van der Waals surface area (Å²) >= 11 is 1.74. The Labute approximate surface area is 90.2 Å². The molecule has 0 aromatic rings. The van der Waals surface area contributed by atoms with E-state index in [4.69, 9.17) is 4.74 Å². The standard InChI is InChI=1S/C10H19NO2S/c1-4-5-13-8-7-11(2)10(12)6-9(8)14-3/h8-9H,4-7H2,1-3H3. The number of likely N-dealkylation sites (N-methyl/N-ethyl adjacent to an activating group) is 1. The lowest BCUT2D eigenvalue weighted by Crippen LogP contribution is -2.48. The molecule has 1 rings (SSSR count). The van der Waals surface area contributed by atoms with Crippen LogP contribution in [0.25, 0.3) is 0 Å². The first-order chi connectivity index (χ1) is 6.69. The molecule has 0 spiro atoms. The zero-order chi connectivity index (χ0) is 10.6. The van der Waals surface area contributed by atoms with E-state index in [1.807, 2.05) is 13.3 Å². The second-order valence-corrected chi connectivity index (χ2v) is 4.74. The number of carbonyl (C=O) groups is 1. The summed E-state index contributed by atoms with van der Waals surface area (Å²) in [6.45, 7) is 3.64. The molecule has 14 heavy (non-hydrogen) atoms. The molecule has 1 amide bonds. The Hall–Kier alpha value is -0.220. The molecule has 0 bridgehead atoms. The van der Waals surface area contributed by atoms with E-state index >= 15 is 0 Å². The number of hydrogen-bond acceptors (Lipinski definition) is 3. The predicted octanol–water partition coefficient (Wildman–Crippen LogP) is 1.38. The number of ether oxygens (including phenoxy) is 1. The molecule has 0 aromatic carbocycles. The zero-order valence-corrected chi connectivity index (χ0v) is 9.97. The van der Waals surface area contributed by atoms with Gasteiger partial charge in [-0.2, -0.15) is 11.8 Å². The minimum absolute atomic E-state index is 0.215. The van der Waals surface area contributed by atoms with Crippen molar-refractivity contribution in [2.24, 2.45) is 0 Å². The van der Waals surface area contributed by atoms with Gasteiger partial charge in [0.25, 0.3) is 0 Å². The fourth-order valence-electron chi connectivity index (χ4n) is 1.61. The van der Waals surface area contributed by atoms with Crippen molar-refractivity contribution in [2.75, 3.05) is 26.5 Å². The number of piperidine rings is 1. The van der Waals surface area contributed by atoms with Gasteiger partial charge < -0.3 is 9.64 Å². The molecule has 0 aromatic heterocycles. The maximum absolute atomic E-state index is 11.4. The van der Waals surface area contributed by atoms with E-state index in [0.29, 0.717) is 11.7 Å². The van der Waals surface area contributed by atoms with Gasteiger partial charge in [0, 0.05) is 31.9 Å². The van der Waals surface area contributed by atoms with Gasteiger partial charge >= 0.3 is 0 Å². The maximum Gasteiger partial charge on any atom is 0.223 e. The highest BCUT2D eigenvalue weighted by molar-refractivity contribution is 7.99. The number of thioether (sulfide) groups is 1. The van der Waals surface area contributed by atoms with Crippen molar-refractivity contribution in [2.45, 2.75) is 31.1 Å². The predicted molar refractivity (Wildman–Crippen MR) is 59.6 cm³/mol. The van der Waals surface area contributed by atoms with Gasteiger partial charge in [-0.1, -0.05) is 6.92 Å². The van der Waals surface area contributed by atoms with Crippen molar-refractivity contribution in [3.8, 4) is 0 Å². The minimum Gasteiger partial charge on any atom is -0.375 e. The topological polar surface area (TPSA) is 29.5 Å². The fourth-order valence-corrected chi connectivity index (χ4v) is 2.39. The number of hydrogen-bond donors (Lipinski definition) is 0. The lowest BCUT2D eigenvalue weighted by molar-refractivity contribution is -0.136. The fraction of sp³-hybridized carbons (Fsp3) is 0.900. The molecule has 0 N–H and O–H groups in total. The Balaban J connectivity index is 2.49. The van der Waals surface area contributed by atoms with E-state index in [1.54, 1.807) is 16.7 Å². The number of nitrogens with zero attached hydrogens (tertiary/aromatic N) is 1.